The molecule has 0 heterocycles. The van der Waals surface area contributed by atoms with Gasteiger partial charge in [0.25, 0.3) is 0 Å². The lowest BCUT2D eigenvalue weighted by Gasteiger charge is -2.14. The second-order valence-corrected chi connectivity index (χ2v) is 4.60. The predicted molar refractivity (Wildman–Crippen MR) is 64.3 cm³/mol. The molecule has 0 aromatic heterocycles. The van der Waals surface area contributed by atoms with Crippen molar-refractivity contribution in [2.24, 2.45) is 0 Å². The molecule has 0 spiro atoms. The standard InChI is InChI=1S/C11H14BrClO/c1-4-10(13)8-6-9(12)7(2)5-11(8)14-3/h5-6,10H,4H2,1-3H3. The number of methoxy groups -OCH3 is 1. The van der Waals surface area contributed by atoms with Crippen LogP contribution in [0, 0.1) is 6.92 Å². The van der Waals surface area contributed by atoms with Crippen LogP contribution in [0.5, 0.6) is 5.75 Å². The molecule has 0 radical (unpaired) electrons. The van der Waals surface area contributed by atoms with E-state index in [0.29, 0.717) is 0 Å². The Balaban J connectivity index is 3.19. The molecule has 0 aliphatic rings. The zero-order valence-corrected chi connectivity index (χ0v) is 10.9. The highest BCUT2D eigenvalue weighted by molar-refractivity contribution is 9.10. The molecule has 3 heteroatoms. The summed E-state index contributed by atoms with van der Waals surface area (Å²) >= 11 is 9.69. The van der Waals surface area contributed by atoms with Gasteiger partial charge in [-0.15, -0.1) is 11.6 Å². The van der Waals surface area contributed by atoms with Crippen LogP contribution in [0.15, 0.2) is 16.6 Å². The highest BCUT2D eigenvalue weighted by Gasteiger charge is 2.13. The first kappa shape index (κ1) is 11.9. The van der Waals surface area contributed by atoms with E-state index in [-0.39, 0.29) is 5.38 Å². The first-order valence-corrected chi connectivity index (χ1v) is 5.81. The summed E-state index contributed by atoms with van der Waals surface area (Å²) in [6, 6.07) is 4.04. The Morgan fingerprint density at radius 1 is 1.50 bits per heavy atom. The van der Waals surface area contributed by atoms with Gasteiger partial charge in [0.15, 0.2) is 0 Å². The van der Waals surface area contributed by atoms with E-state index in [2.05, 4.69) is 22.9 Å². The van der Waals surface area contributed by atoms with E-state index < -0.39 is 0 Å². The molecule has 0 saturated heterocycles. The van der Waals surface area contributed by atoms with E-state index in [1.165, 1.54) is 0 Å². The maximum absolute atomic E-state index is 6.20. The van der Waals surface area contributed by atoms with Crippen molar-refractivity contribution in [2.75, 3.05) is 7.11 Å². The third-order valence-electron chi connectivity index (χ3n) is 2.21. The molecule has 0 amide bonds. The summed E-state index contributed by atoms with van der Waals surface area (Å²) in [6.07, 6.45) is 0.896. The second kappa shape index (κ2) is 5.04. The number of halogens is 2. The first-order chi connectivity index (χ1) is 6.60. The minimum atomic E-state index is 0.0156. The summed E-state index contributed by atoms with van der Waals surface area (Å²) in [5.74, 6) is 0.868. The van der Waals surface area contributed by atoms with Crippen molar-refractivity contribution in [3.63, 3.8) is 0 Å². The smallest absolute Gasteiger partial charge is 0.123 e. The molecule has 0 bridgehead atoms. The molecule has 1 aromatic carbocycles. The van der Waals surface area contributed by atoms with Gasteiger partial charge in [0.05, 0.1) is 12.5 Å². The van der Waals surface area contributed by atoms with Gasteiger partial charge in [0.1, 0.15) is 5.75 Å². The number of benzene rings is 1. The number of hydrogen-bond acceptors (Lipinski definition) is 1. The van der Waals surface area contributed by atoms with Crippen LogP contribution in [0.2, 0.25) is 0 Å². The minimum absolute atomic E-state index is 0.0156. The van der Waals surface area contributed by atoms with Crippen LogP contribution >= 0.6 is 27.5 Å². The molecule has 0 fully saturated rings. The van der Waals surface area contributed by atoms with Crippen LogP contribution in [0.25, 0.3) is 0 Å². The van der Waals surface area contributed by atoms with E-state index in [0.717, 1.165) is 27.8 Å². The molecule has 0 saturated carbocycles. The van der Waals surface area contributed by atoms with Crippen LogP contribution in [0.1, 0.15) is 29.8 Å². The average molecular weight is 278 g/mol. The van der Waals surface area contributed by atoms with Crippen LogP contribution in [-0.4, -0.2) is 7.11 Å². The Labute approximate surface area is 98.5 Å². The van der Waals surface area contributed by atoms with Gasteiger partial charge in [0, 0.05) is 10.0 Å². The Morgan fingerprint density at radius 2 is 2.14 bits per heavy atom. The third kappa shape index (κ3) is 2.43. The normalized spacial score (nSPS) is 12.6. The summed E-state index contributed by atoms with van der Waals surface area (Å²) in [4.78, 5) is 0. The lowest BCUT2D eigenvalue weighted by molar-refractivity contribution is 0.408. The monoisotopic (exact) mass is 276 g/mol. The van der Waals surface area contributed by atoms with E-state index >= 15 is 0 Å². The molecule has 1 rings (SSSR count). The van der Waals surface area contributed by atoms with Gasteiger partial charge in [-0.2, -0.15) is 0 Å². The maximum atomic E-state index is 6.20. The highest BCUT2D eigenvalue weighted by Crippen LogP contribution is 2.35. The molecule has 14 heavy (non-hydrogen) atoms. The number of alkyl halides is 1. The van der Waals surface area contributed by atoms with E-state index in [4.69, 9.17) is 16.3 Å². The minimum Gasteiger partial charge on any atom is -0.496 e. The van der Waals surface area contributed by atoms with Gasteiger partial charge in [-0.25, -0.2) is 0 Å². The Kier molecular flexibility index (Phi) is 4.27. The zero-order chi connectivity index (χ0) is 10.7. The molecule has 0 aliphatic carbocycles. The summed E-state index contributed by atoms with van der Waals surface area (Å²) in [7, 11) is 1.67. The van der Waals surface area contributed by atoms with Crippen molar-refractivity contribution in [3.8, 4) is 5.75 Å². The Morgan fingerprint density at radius 3 is 2.64 bits per heavy atom. The van der Waals surface area contributed by atoms with Gasteiger partial charge < -0.3 is 4.74 Å². The molecular weight excluding hydrogens is 263 g/mol. The quantitative estimate of drug-likeness (QED) is 0.741. The van der Waals surface area contributed by atoms with Gasteiger partial charge in [-0.1, -0.05) is 22.9 Å². The summed E-state index contributed by atoms with van der Waals surface area (Å²) in [6.45, 7) is 4.09. The fourth-order valence-corrected chi connectivity index (χ4v) is 1.84. The Hall–Kier alpha value is -0.210. The molecular formula is C11H14BrClO. The average Bonchev–Trinajstić information content (AvgIpc) is 2.20. The van der Waals surface area contributed by atoms with Crippen molar-refractivity contribution >= 4 is 27.5 Å². The van der Waals surface area contributed by atoms with E-state index in [1.54, 1.807) is 7.11 Å². The number of ether oxygens (including phenoxy) is 1. The predicted octanol–water partition coefficient (Wildman–Crippen LogP) is 4.46. The van der Waals surface area contributed by atoms with Crippen molar-refractivity contribution in [1.82, 2.24) is 0 Å². The van der Waals surface area contributed by atoms with Crippen LogP contribution in [0.4, 0.5) is 0 Å². The van der Waals surface area contributed by atoms with Crippen LogP contribution < -0.4 is 4.74 Å². The van der Waals surface area contributed by atoms with Crippen molar-refractivity contribution in [1.29, 1.82) is 0 Å². The molecule has 78 valence electrons. The zero-order valence-electron chi connectivity index (χ0n) is 8.60. The second-order valence-electron chi connectivity index (χ2n) is 3.22. The van der Waals surface area contributed by atoms with Crippen LogP contribution in [0.3, 0.4) is 0 Å². The van der Waals surface area contributed by atoms with Crippen molar-refractivity contribution in [3.05, 3.63) is 27.7 Å². The van der Waals surface area contributed by atoms with Gasteiger partial charge in [0.2, 0.25) is 0 Å². The third-order valence-corrected chi connectivity index (χ3v) is 3.60. The fourth-order valence-electron chi connectivity index (χ4n) is 1.31. The van der Waals surface area contributed by atoms with Gasteiger partial charge >= 0.3 is 0 Å². The van der Waals surface area contributed by atoms with Crippen LogP contribution in [-0.2, 0) is 0 Å². The lowest BCUT2D eigenvalue weighted by Crippen LogP contribution is -1.96. The molecule has 1 nitrogen and oxygen atoms in total. The van der Waals surface area contributed by atoms with Crippen molar-refractivity contribution < 1.29 is 4.74 Å². The molecule has 1 unspecified atom stereocenters. The SMILES string of the molecule is CCC(Cl)c1cc(Br)c(C)cc1OC. The number of rotatable bonds is 3. The lowest BCUT2D eigenvalue weighted by atomic mass is 10.1. The Bertz CT molecular complexity index is 325. The molecule has 1 aromatic rings. The maximum Gasteiger partial charge on any atom is 0.123 e. The number of aryl methyl sites for hydroxylation is 1. The largest absolute Gasteiger partial charge is 0.496 e. The van der Waals surface area contributed by atoms with E-state index in [1.807, 2.05) is 19.1 Å². The fraction of sp³-hybridized carbons (Fsp3) is 0.455. The molecule has 1 atom stereocenters. The summed E-state index contributed by atoms with van der Waals surface area (Å²) in [5, 5.41) is 0.0156. The van der Waals surface area contributed by atoms with Crippen molar-refractivity contribution in [2.45, 2.75) is 25.6 Å². The molecule has 0 N–H and O–H groups in total. The van der Waals surface area contributed by atoms with E-state index in [9.17, 15) is 0 Å². The highest BCUT2D eigenvalue weighted by atomic mass is 79.9. The van der Waals surface area contributed by atoms with Gasteiger partial charge in [-0.05, 0) is 31.0 Å². The van der Waals surface area contributed by atoms with Gasteiger partial charge in [-0.3, -0.25) is 0 Å². The number of hydrogen-bond donors (Lipinski definition) is 0. The summed E-state index contributed by atoms with van der Waals surface area (Å²) in [5.41, 5.74) is 2.21. The topological polar surface area (TPSA) is 9.23 Å². The first-order valence-electron chi connectivity index (χ1n) is 4.58. The summed E-state index contributed by atoms with van der Waals surface area (Å²) < 4.78 is 6.38. The molecule has 0 aliphatic heterocycles.